The van der Waals surface area contributed by atoms with Crippen molar-refractivity contribution in [3.8, 4) is 6.07 Å². The van der Waals surface area contributed by atoms with Gasteiger partial charge in [-0.05, 0) is 89.1 Å². The molecule has 0 spiro atoms. The minimum Gasteiger partial charge on any atom is -0.444 e. The lowest BCUT2D eigenvalue weighted by molar-refractivity contribution is -0.145. The smallest absolute Gasteiger partial charge is 0.410 e. The second-order valence-corrected chi connectivity index (χ2v) is 17.3. The fourth-order valence-corrected chi connectivity index (χ4v) is 7.96. The average molecular weight is 750 g/mol. The number of rotatable bonds is 13. The summed E-state index contributed by atoms with van der Waals surface area (Å²) in [6.45, 7) is 9.38. The molecule has 2 aliphatic rings. The lowest BCUT2D eigenvalue weighted by atomic mass is 9.90. The minimum absolute atomic E-state index is 0.119. The van der Waals surface area contributed by atoms with Crippen LogP contribution in [0.3, 0.4) is 0 Å². The zero-order valence-electron chi connectivity index (χ0n) is 29.4. The quantitative estimate of drug-likeness (QED) is 0.296. The van der Waals surface area contributed by atoms with Gasteiger partial charge in [-0.15, -0.1) is 11.3 Å². The van der Waals surface area contributed by atoms with Crippen LogP contribution in [0.25, 0.3) is 0 Å². The number of likely N-dealkylation sites (tertiary alicyclic amines) is 2. The first-order valence-corrected chi connectivity index (χ1v) is 20.0. The molecule has 3 amide bonds. The SMILES string of the molecule is CCN(Cc1ccc(C#N)s1)C(=O)[C@@H]1C[C@@H](OCc2ccc(Cl)cc2)CN1C(=O)[C@@H](CCC1CCN(C(=O)OC(C)(C)C)CC1)NS(C)(=O)=O. The number of amides is 3. The van der Waals surface area contributed by atoms with Crippen molar-refractivity contribution in [1.82, 2.24) is 19.4 Å². The predicted octanol–water partition coefficient (Wildman–Crippen LogP) is 5.15. The van der Waals surface area contributed by atoms with E-state index in [0.29, 0.717) is 48.8 Å². The van der Waals surface area contributed by atoms with Gasteiger partial charge in [-0.25, -0.2) is 17.9 Å². The molecule has 4 rings (SSSR count). The number of sulfonamides is 1. The first-order valence-electron chi connectivity index (χ1n) is 16.9. The number of carbonyl (C=O) groups is 3. The second-order valence-electron chi connectivity index (χ2n) is 14.0. The van der Waals surface area contributed by atoms with Crippen molar-refractivity contribution in [2.45, 2.75) is 96.7 Å². The van der Waals surface area contributed by atoms with Gasteiger partial charge in [0.2, 0.25) is 21.8 Å². The number of carbonyl (C=O) groups excluding carboxylic acids is 3. The summed E-state index contributed by atoms with van der Waals surface area (Å²) in [6.07, 6.45) is 2.64. The van der Waals surface area contributed by atoms with Crippen molar-refractivity contribution in [2.75, 3.05) is 32.4 Å². The molecule has 1 aromatic heterocycles. The van der Waals surface area contributed by atoms with Gasteiger partial charge in [-0.2, -0.15) is 5.26 Å². The van der Waals surface area contributed by atoms with E-state index < -0.39 is 39.7 Å². The molecule has 1 aromatic carbocycles. The van der Waals surface area contributed by atoms with E-state index in [1.807, 2.05) is 45.9 Å². The monoisotopic (exact) mass is 749 g/mol. The Morgan fingerprint density at radius 2 is 1.82 bits per heavy atom. The second kappa shape index (κ2) is 17.3. The molecule has 1 N–H and O–H groups in total. The molecule has 2 aromatic rings. The van der Waals surface area contributed by atoms with Crippen LogP contribution in [0.2, 0.25) is 5.02 Å². The van der Waals surface area contributed by atoms with Gasteiger partial charge in [-0.1, -0.05) is 23.7 Å². The van der Waals surface area contributed by atoms with Crippen molar-refractivity contribution in [3.05, 3.63) is 56.7 Å². The number of nitrogens with zero attached hydrogens (tertiary/aromatic N) is 4. The first-order chi connectivity index (χ1) is 23.5. The summed E-state index contributed by atoms with van der Waals surface area (Å²) in [5, 5.41) is 9.87. The molecule has 3 heterocycles. The highest BCUT2D eigenvalue weighted by Gasteiger charge is 2.44. The Balaban J connectivity index is 1.49. The van der Waals surface area contributed by atoms with Crippen LogP contribution in [-0.2, 0) is 42.2 Å². The average Bonchev–Trinajstić information content (AvgIpc) is 3.71. The van der Waals surface area contributed by atoms with Crippen molar-refractivity contribution in [1.29, 1.82) is 5.26 Å². The largest absolute Gasteiger partial charge is 0.444 e. The van der Waals surface area contributed by atoms with Crippen LogP contribution in [0.5, 0.6) is 0 Å². The van der Waals surface area contributed by atoms with E-state index in [1.165, 1.54) is 16.2 Å². The molecule has 2 saturated heterocycles. The number of ether oxygens (including phenoxy) is 2. The molecule has 12 nitrogen and oxygen atoms in total. The number of benzene rings is 1. The summed E-state index contributed by atoms with van der Waals surface area (Å²) >= 11 is 7.35. The molecular formula is C35H48ClN5O7S2. The van der Waals surface area contributed by atoms with Crippen LogP contribution in [-0.4, -0.2) is 97.2 Å². The van der Waals surface area contributed by atoms with E-state index in [4.69, 9.17) is 21.1 Å². The molecule has 0 aliphatic carbocycles. The lowest BCUT2D eigenvalue weighted by Crippen LogP contribution is -2.54. The molecule has 2 aliphatic heterocycles. The van der Waals surface area contributed by atoms with Gasteiger partial charge >= 0.3 is 6.09 Å². The lowest BCUT2D eigenvalue weighted by Gasteiger charge is -2.34. The van der Waals surface area contributed by atoms with E-state index in [2.05, 4.69) is 10.8 Å². The van der Waals surface area contributed by atoms with Gasteiger partial charge in [0.1, 0.15) is 28.6 Å². The standard InChI is InChI=1S/C35H48ClN5O7S2/c1-6-39(22-29-13-12-28(20-37)49-29)33(43)31-19-27(47-23-25-7-10-26(36)11-8-25)21-41(31)32(42)30(38-50(5,45)46)14-9-24-15-17-40(18-16-24)34(44)48-35(2,3)4/h7-8,10-13,24,27,30-31,38H,6,9,14-19,21-23H2,1-5H3/t27-,30-,31+/m1/s1. The number of nitriles is 1. The topological polar surface area (TPSA) is 149 Å². The van der Waals surface area contributed by atoms with Gasteiger partial charge in [0.25, 0.3) is 0 Å². The Bertz CT molecular complexity index is 1630. The van der Waals surface area contributed by atoms with E-state index >= 15 is 0 Å². The van der Waals surface area contributed by atoms with Gasteiger partial charge in [0.15, 0.2) is 0 Å². The Morgan fingerprint density at radius 3 is 2.40 bits per heavy atom. The number of likely N-dealkylation sites (N-methyl/N-ethyl adjacent to an activating group) is 1. The number of hydrogen-bond acceptors (Lipinski definition) is 9. The summed E-state index contributed by atoms with van der Waals surface area (Å²) in [7, 11) is -3.78. The highest BCUT2D eigenvalue weighted by atomic mass is 35.5. The maximum atomic E-state index is 14.3. The maximum absolute atomic E-state index is 14.3. The molecule has 3 atom stereocenters. The molecule has 2 fully saturated rings. The van der Waals surface area contributed by atoms with Crippen LogP contribution in [0.4, 0.5) is 4.79 Å². The Morgan fingerprint density at radius 1 is 1.14 bits per heavy atom. The van der Waals surface area contributed by atoms with E-state index in [1.54, 1.807) is 28.0 Å². The van der Waals surface area contributed by atoms with Crippen LogP contribution in [0.15, 0.2) is 36.4 Å². The van der Waals surface area contributed by atoms with Crippen LogP contribution in [0, 0.1) is 17.2 Å². The Hall–Kier alpha value is -3.22. The molecule has 50 heavy (non-hydrogen) atoms. The fraction of sp³-hybridized carbons (Fsp3) is 0.600. The number of nitrogens with one attached hydrogen (secondary N) is 1. The van der Waals surface area contributed by atoms with Crippen molar-refractivity contribution in [3.63, 3.8) is 0 Å². The summed E-state index contributed by atoms with van der Waals surface area (Å²) in [5.41, 5.74) is 0.296. The van der Waals surface area contributed by atoms with Crippen molar-refractivity contribution < 1.29 is 32.3 Å². The first kappa shape index (κ1) is 39.6. The van der Waals surface area contributed by atoms with E-state index in [0.717, 1.165) is 16.7 Å². The fourth-order valence-electron chi connectivity index (χ4n) is 6.28. The molecule has 274 valence electrons. The highest BCUT2D eigenvalue weighted by Crippen LogP contribution is 2.29. The number of thiophene rings is 1. The Labute approximate surface area is 304 Å². The molecular weight excluding hydrogens is 702 g/mol. The maximum Gasteiger partial charge on any atom is 0.410 e. The number of halogens is 1. The highest BCUT2D eigenvalue weighted by molar-refractivity contribution is 7.88. The summed E-state index contributed by atoms with van der Waals surface area (Å²) in [4.78, 5) is 47.2. The molecule has 15 heteroatoms. The normalized spacial score (nSPS) is 19.2. The van der Waals surface area contributed by atoms with Crippen molar-refractivity contribution in [2.24, 2.45) is 5.92 Å². The number of piperidine rings is 1. The van der Waals surface area contributed by atoms with E-state index in [-0.39, 0.29) is 50.5 Å². The minimum atomic E-state index is -3.78. The Kier molecular flexibility index (Phi) is 13.7. The number of hydrogen-bond donors (Lipinski definition) is 1. The summed E-state index contributed by atoms with van der Waals surface area (Å²) in [6, 6.07) is 10.9. The predicted molar refractivity (Wildman–Crippen MR) is 192 cm³/mol. The third-order valence-corrected chi connectivity index (χ3v) is 10.8. The molecule has 0 bridgehead atoms. The van der Waals surface area contributed by atoms with E-state index in [9.17, 15) is 28.1 Å². The van der Waals surface area contributed by atoms with Gasteiger partial charge in [0, 0.05) is 42.5 Å². The molecule has 0 unspecified atom stereocenters. The third-order valence-electron chi connectivity index (χ3n) is 8.83. The van der Waals surface area contributed by atoms with Crippen LogP contribution >= 0.6 is 22.9 Å². The van der Waals surface area contributed by atoms with Gasteiger partial charge < -0.3 is 24.2 Å². The summed E-state index contributed by atoms with van der Waals surface area (Å²) < 4.78 is 39.3. The summed E-state index contributed by atoms with van der Waals surface area (Å²) in [5.74, 6) is -0.564. The van der Waals surface area contributed by atoms with Gasteiger partial charge in [0.05, 0.1) is 25.5 Å². The molecule has 0 saturated carbocycles. The third kappa shape index (κ3) is 11.7. The zero-order valence-corrected chi connectivity index (χ0v) is 31.8. The van der Waals surface area contributed by atoms with Gasteiger partial charge in [-0.3, -0.25) is 9.59 Å². The van der Waals surface area contributed by atoms with Crippen molar-refractivity contribution >= 4 is 50.9 Å². The van der Waals surface area contributed by atoms with Crippen LogP contribution < -0.4 is 4.72 Å². The zero-order chi connectivity index (χ0) is 36.6. The molecule has 0 radical (unpaired) electrons. The van der Waals surface area contributed by atoms with Crippen LogP contribution in [0.1, 0.15) is 75.1 Å².